The number of fused-ring (bicyclic) bond motifs is 1. The Morgan fingerprint density at radius 3 is 2.86 bits per heavy atom. The van der Waals surface area contributed by atoms with E-state index in [0.717, 1.165) is 49.9 Å². The van der Waals surface area contributed by atoms with Gasteiger partial charge in [0.15, 0.2) is 0 Å². The third-order valence-corrected chi connectivity index (χ3v) is 5.86. The van der Waals surface area contributed by atoms with Crippen molar-refractivity contribution in [3.8, 4) is 0 Å². The summed E-state index contributed by atoms with van der Waals surface area (Å²) in [6.45, 7) is 2.21. The first kappa shape index (κ1) is 16.4. The number of nitrogens with zero attached hydrogens (tertiary/aromatic N) is 1. The molecule has 2 N–H and O–H groups in total. The molecule has 0 fully saturated rings. The second-order valence-electron chi connectivity index (χ2n) is 5.43. The van der Waals surface area contributed by atoms with Gasteiger partial charge in [-0.3, -0.25) is 0 Å². The van der Waals surface area contributed by atoms with Crippen LogP contribution in [0.5, 0.6) is 0 Å². The number of sulfonamides is 1. The van der Waals surface area contributed by atoms with E-state index in [1.165, 1.54) is 4.31 Å². The van der Waals surface area contributed by atoms with Gasteiger partial charge in [0.05, 0.1) is 4.90 Å². The van der Waals surface area contributed by atoms with E-state index in [1.807, 2.05) is 12.1 Å². The summed E-state index contributed by atoms with van der Waals surface area (Å²) >= 11 is 0. The molecule has 0 bridgehead atoms. The molecule has 1 aliphatic heterocycles. The number of benzene rings is 1. The molecular formula is C15H24N2O3S. The third kappa shape index (κ3) is 3.83. The van der Waals surface area contributed by atoms with Gasteiger partial charge in [-0.15, -0.1) is 0 Å². The van der Waals surface area contributed by atoms with Crippen molar-refractivity contribution in [3.63, 3.8) is 0 Å². The molecule has 6 heteroatoms. The molecule has 0 saturated carbocycles. The van der Waals surface area contributed by atoms with Crippen LogP contribution in [0.15, 0.2) is 23.1 Å². The van der Waals surface area contributed by atoms with Crippen molar-refractivity contribution in [1.82, 2.24) is 9.62 Å². The molecule has 1 aliphatic rings. The lowest BCUT2D eigenvalue weighted by Gasteiger charge is -2.23. The molecule has 0 saturated heterocycles. The van der Waals surface area contributed by atoms with Crippen LogP contribution < -0.4 is 5.32 Å². The fraction of sp³-hybridized carbons (Fsp3) is 0.600. The van der Waals surface area contributed by atoms with Crippen molar-refractivity contribution < 1.29 is 13.5 Å². The Bertz CT molecular complexity index is 572. The largest absolute Gasteiger partial charge is 0.396 e. The summed E-state index contributed by atoms with van der Waals surface area (Å²) < 4.78 is 26.9. The van der Waals surface area contributed by atoms with E-state index < -0.39 is 10.0 Å². The summed E-state index contributed by atoms with van der Waals surface area (Å²) in [5.74, 6) is 0. The molecule has 0 unspecified atom stereocenters. The van der Waals surface area contributed by atoms with Crippen LogP contribution in [-0.2, 0) is 23.0 Å². The summed E-state index contributed by atoms with van der Waals surface area (Å²) in [6, 6.07) is 5.52. The minimum atomic E-state index is -3.42. The van der Waals surface area contributed by atoms with Crippen molar-refractivity contribution in [2.45, 2.75) is 37.1 Å². The molecular weight excluding hydrogens is 288 g/mol. The number of nitrogens with one attached hydrogen (secondary N) is 1. The van der Waals surface area contributed by atoms with Crippen LogP contribution in [0.1, 0.15) is 30.4 Å². The minimum Gasteiger partial charge on any atom is -0.396 e. The van der Waals surface area contributed by atoms with Crippen LogP contribution in [0.4, 0.5) is 0 Å². The number of hydrogen-bond acceptors (Lipinski definition) is 4. The van der Waals surface area contributed by atoms with Crippen LogP contribution in [0.25, 0.3) is 0 Å². The molecule has 0 atom stereocenters. The highest BCUT2D eigenvalue weighted by atomic mass is 32.2. The molecule has 0 radical (unpaired) electrons. The van der Waals surface area contributed by atoms with Gasteiger partial charge >= 0.3 is 0 Å². The van der Waals surface area contributed by atoms with Gasteiger partial charge in [0.1, 0.15) is 0 Å². The topological polar surface area (TPSA) is 69.6 Å². The second-order valence-corrected chi connectivity index (χ2v) is 7.44. The monoisotopic (exact) mass is 312 g/mol. The molecule has 21 heavy (non-hydrogen) atoms. The molecule has 1 heterocycles. The van der Waals surface area contributed by atoms with Gasteiger partial charge in [-0.25, -0.2) is 12.7 Å². The summed E-state index contributed by atoms with van der Waals surface area (Å²) in [6.07, 6.45) is 3.09. The fourth-order valence-corrected chi connectivity index (χ4v) is 4.15. The van der Waals surface area contributed by atoms with Crippen molar-refractivity contribution in [2.24, 2.45) is 0 Å². The van der Waals surface area contributed by atoms with Gasteiger partial charge in [-0.05, 0) is 49.4 Å². The zero-order chi connectivity index (χ0) is 15.3. The van der Waals surface area contributed by atoms with Crippen molar-refractivity contribution in [2.75, 3.05) is 26.7 Å². The van der Waals surface area contributed by atoms with E-state index >= 15 is 0 Å². The predicted octanol–water partition coefficient (Wildman–Crippen LogP) is 1.12. The lowest BCUT2D eigenvalue weighted by atomic mass is 10.0. The Balaban J connectivity index is 2.15. The Morgan fingerprint density at radius 2 is 2.10 bits per heavy atom. The number of unbranched alkanes of at least 4 members (excludes halogenated alkanes) is 2. The molecule has 5 nitrogen and oxygen atoms in total. The Hall–Kier alpha value is -0.950. The zero-order valence-corrected chi connectivity index (χ0v) is 13.3. The Morgan fingerprint density at radius 1 is 1.29 bits per heavy atom. The molecule has 0 aliphatic carbocycles. The number of aliphatic hydroxyl groups is 1. The molecule has 0 spiro atoms. The maximum atomic E-state index is 12.7. The van der Waals surface area contributed by atoms with Crippen molar-refractivity contribution in [3.05, 3.63) is 29.3 Å². The molecule has 0 amide bonds. The van der Waals surface area contributed by atoms with E-state index in [0.29, 0.717) is 11.4 Å². The van der Waals surface area contributed by atoms with Crippen LogP contribution in [0.3, 0.4) is 0 Å². The first-order valence-electron chi connectivity index (χ1n) is 7.46. The molecule has 1 aromatic carbocycles. The minimum absolute atomic E-state index is 0.162. The van der Waals surface area contributed by atoms with Gasteiger partial charge in [0.25, 0.3) is 0 Å². The number of rotatable bonds is 7. The highest BCUT2D eigenvalue weighted by molar-refractivity contribution is 7.89. The molecule has 2 rings (SSSR count). The normalized spacial score (nSPS) is 15.2. The fourth-order valence-electron chi connectivity index (χ4n) is 2.65. The van der Waals surface area contributed by atoms with Crippen LogP contribution in [-0.4, -0.2) is 44.6 Å². The molecule has 1 aromatic rings. The van der Waals surface area contributed by atoms with Gasteiger partial charge < -0.3 is 10.4 Å². The van der Waals surface area contributed by atoms with Gasteiger partial charge in [-0.1, -0.05) is 12.1 Å². The smallest absolute Gasteiger partial charge is 0.243 e. The maximum Gasteiger partial charge on any atom is 0.243 e. The van der Waals surface area contributed by atoms with E-state index in [9.17, 15) is 8.42 Å². The van der Waals surface area contributed by atoms with Gasteiger partial charge in [0, 0.05) is 26.7 Å². The quantitative estimate of drug-likeness (QED) is 0.740. The third-order valence-electron chi connectivity index (χ3n) is 3.92. The number of hydrogen-bond donors (Lipinski definition) is 2. The SMILES string of the molecule is CN(CCCCCO)S(=O)(=O)c1cccc2c1CCNC2. The van der Waals surface area contributed by atoms with Gasteiger partial charge in [-0.2, -0.15) is 0 Å². The Labute approximate surface area is 127 Å². The highest BCUT2D eigenvalue weighted by Crippen LogP contribution is 2.25. The van der Waals surface area contributed by atoms with Crippen LogP contribution >= 0.6 is 0 Å². The zero-order valence-electron chi connectivity index (χ0n) is 12.5. The van der Waals surface area contributed by atoms with Crippen molar-refractivity contribution >= 4 is 10.0 Å². The standard InChI is InChI=1S/C15H24N2O3S/c1-17(10-3-2-4-11-18)21(19,20)15-7-5-6-13-12-16-9-8-14(13)15/h5-7,16,18H,2-4,8-12H2,1H3. The average Bonchev–Trinajstić information content (AvgIpc) is 2.50. The van der Waals surface area contributed by atoms with E-state index in [-0.39, 0.29) is 6.61 Å². The summed E-state index contributed by atoms with van der Waals surface area (Å²) in [7, 11) is -1.79. The molecule has 118 valence electrons. The van der Waals surface area contributed by atoms with E-state index in [2.05, 4.69) is 5.32 Å². The summed E-state index contributed by atoms with van der Waals surface area (Å²) in [5.41, 5.74) is 2.04. The Kier molecular flexibility index (Phi) is 5.75. The second kappa shape index (κ2) is 7.35. The van der Waals surface area contributed by atoms with Crippen LogP contribution in [0.2, 0.25) is 0 Å². The highest BCUT2D eigenvalue weighted by Gasteiger charge is 2.25. The average molecular weight is 312 g/mol. The van der Waals surface area contributed by atoms with Crippen molar-refractivity contribution in [1.29, 1.82) is 0 Å². The predicted molar refractivity (Wildman–Crippen MR) is 82.6 cm³/mol. The van der Waals surface area contributed by atoms with E-state index in [1.54, 1.807) is 13.1 Å². The van der Waals surface area contributed by atoms with Gasteiger partial charge in [0.2, 0.25) is 10.0 Å². The first-order chi connectivity index (χ1) is 10.1. The summed E-state index contributed by atoms with van der Waals surface area (Å²) in [5, 5.41) is 12.0. The maximum absolute atomic E-state index is 12.7. The lowest BCUT2D eigenvalue weighted by molar-refractivity contribution is 0.281. The van der Waals surface area contributed by atoms with E-state index in [4.69, 9.17) is 5.11 Å². The lowest BCUT2D eigenvalue weighted by Crippen LogP contribution is -2.31. The van der Waals surface area contributed by atoms with Crippen LogP contribution in [0, 0.1) is 0 Å². The molecule has 0 aromatic heterocycles. The first-order valence-corrected chi connectivity index (χ1v) is 8.90. The number of aliphatic hydroxyl groups excluding tert-OH is 1. The summed E-state index contributed by atoms with van der Waals surface area (Å²) in [4.78, 5) is 0.450.